The van der Waals surface area contributed by atoms with Crippen LogP contribution >= 0.6 is 0 Å². The molecule has 0 aliphatic rings. The maximum absolute atomic E-state index is 11.4. The minimum atomic E-state index is -0.985. The number of nitrogens with one attached hydrogen (secondary N) is 1. The predicted molar refractivity (Wildman–Crippen MR) is 76.3 cm³/mol. The molecule has 1 unspecified atom stereocenters. The van der Waals surface area contributed by atoms with Crippen molar-refractivity contribution < 1.29 is 9.90 Å². The summed E-state index contributed by atoms with van der Waals surface area (Å²) in [6, 6.07) is 15.3. The molecule has 2 N–H and O–H groups in total. The summed E-state index contributed by atoms with van der Waals surface area (Å²) in [4.78, 5) is 11.4. The van der Waals surface area contributed by atoms with Crippen LogP contribution in [0, 0.1) is 18.3 Å². The van der Waals surface area contributed by atoms with Crippen molar-refractivity contribution in [2.75, 3.05) is 5.32 Å². The number of nitrogens with zero attached hydrogens (tertiary/aromatic N) is 1. The number of nitriles is 1. The van der Waals surface area contributed by atoms with E-state index >= 15 is 0 Å². The molecule has 0 aliphatic heterocycles. The zero-order valence-electron chi connectivity index (χ0n) is 11.0. The minimum absolute atomic E-state index is 0.429. The topological polar surface area (TPSA) is 73.1 Å². The normalized spacial score (nSPS) is 11.4. The van der Waals surface area contributed by atoms with Crippen molar-refractivity contribution in [1.29, 1.82) is 5.26 Å². The second-order valence-electron chi connectivity index (χ2n) is 4.49. The Morgan fingerprint density at radius 1 is 1.25 bits per heavy atom. The molecule has 1 atom stereocenters. The van der Waals surface area contributed by atoms with Crippen LogP contribution in [0.3, 0.4) is 0 Å². The fourth-order valence-electron chi connectivity index (χ4n) is 1.96. The van der Waals surface area contributed by atoms with Crippen molar-refractivity contribution in [1.82, 2.24) is 0 Å². The van der Waals surface area contributed by atoms with Crippen LogP contribution in [0.5, 0.6) is 0 Å². The van der Waals surface area contributed by atoms with E-state index in [-0.39, 0.29) is 0 Å². The van der Waals surface area contributed by atoms with Gasteiger partial charge < -0.3 is 10.4 Å². The summed E-state index contributed by atoms with van der Waals surface area (Å²) < 4.78 is 0. The van der Waals surface area contributed by atoms with Gasteiger partial charge in [0.15, 0.2) is 6.04 Å². The molecule has 0 amide bonds. The molecular weight excluding hydrogens is 252 g/mol. The first-order valence-electron chi connectivity index (χ1n) is 6.17. The van der Waals surface area contributed by atoms with Crippen molar-refractivity contribution >= 4 is 11.7 Å². The number of anilines is 1. The van der Waals surface area contributed by atoms with E-state index in [1.54, 1.807) is 36.4 Å². The first kappa shape index (κ1) is 13.6. The van der Waals surface area contributed by atoms with Crippen LogP contribution in [0.2, 0.25) is 0 Å². The highest BCUT2D eigenvalue weighted by Gasteiger charge is 2.20. The van der Waals surface area contributed by atoms with Gasteiger partial charge in [-0.05, 0) is 30.2 Å². The van der Waals surface area contributed by atoms with Gasteiger partial charge in [-0.1, -0.05) is 36.4 Å². The second-order valence-corrected chi connectivity index (χ2v) is 4.49. The largest absolute Gasteiger partial charge is 0.479 e. The summed E-state index contributed by atoms with van der Waals surface area (Å²) >= 11 is 0. The molecule has 0 fully saturated rings. The van der Waals surface area contributed by atoms with Crippen LogP contribution in [0.4, 0.5) is 5.69 Å². The van der Waals surface area contributed by atoms with Gasteiger partial charge >= 0.3 is 5.97 Å². The molecule has 0 saturated heterocycles. The van der Waals surface area contributed by atoms with Crippen molar-refractivity contribution in [2.24, 2.45) is 0 Å². The smallest absolute Gasteiger partial charge is 0.330 e. The van der Waals surface area contributed by atoms with E-state index in [1.807, 2.05) is 19.1 Å². The number of carbonyl (C=O) groups is 1. The van der Waals surface area contributed by atoms with E-state index in [0.29, 0.717) is 16.8 Å². The van der Waals surface area contributed by atoms with Crippen LogP contribution in [0.25, 0.3) is 0 Å². The molecular formula is C16H14N2O2. The molecule has 4 nitrogen and oxygen atoms in total. The molecule has 2 aromatic rings. The van der Waals surface area contributed by atoms with Gasteiger partial charge in [-0.25, -0.2) is 4.79 Å². The summed E-state index contributed by atoms with van der Waals surface area (Å²) in [6.45, 7) is 1.89. The first-order chi connectivity index (χ1) is 9.61. The highest BCUT2D eigenvalue weighted by Crippen LogP contribution is 2.23. The molecule has 0 saturated carbocycles. The van der Waals surface area contributed by atoms with Crippen molar-refractivity contribution in [3.63, 3.8) is 0 Å². The number of aryl methyl sites for hydroxylation is 1. The Hall–Kier alpha value is -2.80. The van der Waals surface area contributed by atoms with Crippen LogP contribution in [0.15, 0.2) is 48.5 Å². The van der Waals surface area contributed by atoms with Crippen LogP contribution in [-0.2, 0) is 4.79 Å². The summed E-state index contributed by atoms with van der Waals surface area (Å²) in [6.07, 6.45) is 0. The molecule has 2 rings (SSSR count). The zero-order chi connectivity index (χ0) is 14.5. The van der Waals surface area contributed by atoms with Crippen LogP contribution in [0.1, 0.15) is 22.7 Å². The Bertz CT molecular complexity index is 660. The third-order valence-electron chi connectivity index (χ3n) is 2.98. The lowest BCUT2D eigenvalue weighted by Gasteiger charge is -2.17. The fraction of sp³-hybridized carbons (Fsp3) is 0.125. The predicted octanol–water partition coefficient (Wildman–Crippen LogP) is 3.10. The van der Waals surface area contributed by atoms with E-state index in [1.165, 1.54) is 0 Å². The van der Waals surface area contributed by atoms with E-state index in [2.05, 4.69) is 11.4 Å². The lowest BCUT2D eigenvalue weighted by Crippen LogP contribution is -2.21. The number of carboxylic acid groups (broad SMARTS) is 1. The summed E-state index contributed by atoms with van der Waals surface area (Å²) in [7, 11) is 0. The average molecular weight is 266 g/mol. The maximum atomic E-state index is 11.4. The SMILES string of the molecule is Cc1ccc(C#N)c(NC(C(=O)O)c2ccccc2)c1. The minimum Gasteiger partial charge on any atom is -0.479 e. The Balaban J connectivity index is 2.37. The van der Waals surface area contributed by atoms with Crippen LogP contribution < -0.4 is 5.32 Å². The molecule has 0 aliphatic carbocycles. The lowest BCUT2D eigenvalue weighted by atomic mass is 10.0. The molecule has 0 spiro atoms. The van der Waals surface area contributed by atoms with Gasteiger partial charge in [0.2, 0.25) is 0 Å². The molecule has 100 valence electrons. The van der Waals surface area contributed by atoms with E-state index in [4.69, 9.17) is 5.26 Å². The van der Waals surface area contributed by atoms with Gasteiger partial charge in [0.1, 0.15) is 6.07 Å². The third kappa shape index (κ3) is 2.96. The van der Waals surface area contributed by atoms with Gasteiger partial charge in [0.05, 0.1) is 11.3 Å². The molecule has 4 heteroatoms. The van der Waals surface area contributed by atoms with E-state index in [0.717, 1.165) is 5.56 Å². The number of carboxylic acids is 1. The van der Waals surface area contributed by atoms with Gasteiger partial charge in [-0.15, -0.1) is 0 Å². The zero-order valence-corrected chi connectivity index (χ0v) is 11.0. The van der Waals surface area contributed by atoms with Gasteiger partial charge in [0.25, 0.3) is 0 Å². The first-order valence-corrected chi connectivity index (χ1v) is 6.17. The Labute approximate surface area is 117 Å². The summed E-state index contributed by atoms with van der Waals surface area (Å²) in [5, 5.41) is 21.4. The average Bonchev–Trinajstić information content (AvgIpc) is 2.45. The summed E-state index contributed by atoms with van der Waals surface area (Å²) in [5.74, 6) is -0.985. The molecule has 0 radical (unpaired) electrons. The van der Waals surface area contributed by atoms with Crippen LogP contribution in [-0.4, -0.2) is 11.1 Å². The number of rotatable bonds is 4. The quantitative estimate of drug-likeness (QED) is 0.891. The van der Waals surface area contributed by atoms with Gasteiger partial charge in [-0.2, -0.15) is 5.26 Å². The standard InChI is InChI=1S/C16H14N2O2/c1-11-7-8-13(10-17)14(9-11)18-15(16(19)20)12-5-3-2-4-6-12/h2-9,15,18H,1H3,(H,19,20). The third-order valence-corrected chi connectivity index (χ3v) is 2.98. The highest BCUT2D eigenvalue weighted by atomic mass is 16.4. The molecule has 0 aromatic heterocycles. The van der Waals surface area contributed by atoms with Crippen molar-refractivity contribution in [3.8, 4) is 6.07 Å². The van der Waals surface area contributed by atoms with Gasteiger partial charge in [0, 0.05) is 0 Å². The van der Waals surface area contributed by atoms with Gasteiger partial charge in [-0.3, -0.25) is 0 Å². The monoisotopic (exact) mass is 266 g/mol. The van der Waals surface area contributed by atoms with Crippen molar-refractivity contribution in [3.05, 3.63) is 65.2 Å². The molecule has 2 aromatic carbocycles. The Morgan fingerprint density at radius 2 is 1.95 bits per heavy atom. The highest BCUT2D eigenvalue weighted by molar-refractivity contribution is 5.80. The molecule has 0 heterocycles. The maximum Gasteiger partial charge on any atom is 0.330 e. The Morgan fingerprint density at radius 3 is 2.55 bits per heavy atom. The Kier molecular flexibility index (Phi) is 4.02. The number of hydrogen-bond donors (Lipinski definition) is 2. The number of aliphatic carboxylic acids is 1. The fourth-order valence-corrected chi connectivity index (χ4v) is 1.96. The second kappa shape index (κ2) is 5.89. The summed E-state index contributed by atoms with van der Waals surface area (Å²) in [5.41, 5.74) is 2.57. The number of hydrogen-bond acceptors (Lipinski definition) is 3. The number of benzene rings is 2. The molecule has 0 bridgehead atoms. The van der Waals surface area contributed by atoms with Crippen molar-refractivity contribution in [2.45, 2.75) is 13.0 Å². The van der Waals surface area contributed by atoms with E-state index < -0.39 is 12.0 Å². The molecule has 20 heavy (non-hydrogen) atoms. The lowest BCUT2D eigenvalue weighted by molar-refractivity contribution is -0.138. The van der Waals surface area contributed by atoms with E-state index in [9.17, 15) is 9.90 Å².